The van der Waals surface area contributed by atoms with Gasteiger partial charge in [-0.3, -0.25) is 4.79 Å². The van der Waals surface area contributed by atoms with Gasteiger partial charge in [-0.2, -0.15) is 0 Å². The Morgan fingerprint density at radius 1 is 1.43 bits per heavy atom. The third kappa shape index (κ3) is 5.33. The van der Waals surface area contributed by atoms with Gasteiger partial charge in [0.05, 0.1) is 17.7 Å². The van der Waals surface area contributed by atoms with Crippen molar-refractivity contribution in [2.75, 3.05) is 19.0 Å². The molecule has 0 bridgehead atoms. The van der Waals surface area contributed by atoms with E-state index in [1.165, 1.54) is 25.3 Å². The highest BCUT2D eigenvalue weighted by molar-refractivity contribution is 7.89. The van der Waals surface area contributed by atoms with E-state index in [4.69, 9.17) is 9.88 Å². The van der Waals surface area contributed by atoms with Gasteiger partial charge >= 0.3 is 0 Å². The van der Waals surface area contributed by atoms with Crippen LogP contribution in [0.2, 0.25) is 0 Å². The average Bonchev–Trinajstić information content (AvgIpc) is 2.37. The zero-order valence-corrected chi connectivity index (χ0v) is 13.2. The molecule has 1 unspecified atom stereocenters. The number of primary sulfonamides is 1. The Bertz CT molecular complexity index is 601. The Kier molecular flexibility index (Phi) is 6.13. The molecule has 0 fully saturated rings. The predicted molar refractivity (Wildman–Crippen MR) is 80.8 cm³/mol. The maximum atomic E-state index is 11.9. The number of hydrogen-bond acceptors (Lipinski definition) is 5. The molecule has 118 valence electrons. The molecule has 21 heavy (non-hydrogen) atoms. The Hall–Kier alpha value is -1.64. The second-order valence-corrected chi connectivity index (χ2v) is 6.18. The highest BCUT2D eigenvalue weighted by Crippen LogP contribution is 2.27. The highest BCUT2D eigenvalue weighted by atomic mass is 32.2. The summed E-state index contributed by atoms with van der Waals surface area (Å²) < 4.78 is 27.8. The number of carbonyl (C=O) groups is 1. The fraction of sp³-hybridized carbons (Fsp3) is 0.462. The van der Waals surface area contributed by atoms with E-state index in [-0.39, 0.29) is 29.0 Å². The summed E-state index contributed by atoms with van der Waals surface area (Å²) in [7, 11) is -2.40. The van der Waals surface area contributed by atoms with E-state index in [0.29, 0.717) is 5.75 Å². The van der Waals surface area contributed by atoms with Crippen LogP contribution in [0.3, 0.4) is 0 Å². The van der Waals surface area contributed by atoms with Crippen LogP contribution in [0.1, 0.15) is 20.3 Å². The highest BCUT2D eigenvalue weighted by Gasteiger charge is 2.15. The van der Waals surface area contributed by atoms with Crippen LogP contribution in [0.4, 0.5) is 5.69 Å². The number of rotatable bonds is 7. The first-order chi connectivity index (χ1) is 9.77. The molecule has 0 saturated carbocycles. The van der Waals surface area contributed by atoms with Gasteiger partial charge in [-0.1, -0.05) is 6.92 Å². The molecule has 0 radical (unpaired) electrons. The first-order valence-electron chi connectivity index (χ1n) is 6.52. The van der Waals surface area contributed by atoms with Crippen LogP contribution in [0.15, 0.2) is 23.1 Å². The van der Waals surface area contributed by atoms with Gasteiger partial charge in [0, 0.05) is 12.5 Å². The lowest BCUT2D eigenvalue weighted by molar-refractivity contribution is -0.116. The zero-order chi connectivity index (χ0) is 16.0. The summed E-state index contributed by atoms with van der Waals surface area (Å²) >= 11 is 0. The summed E-state index contributed by atoms with van der Waals surface area (Å²) in [5, 5.41) is 10.8. The SMILES string of the molecule is CCNC(C)CC(=O)Nc1cc(S(N)(=O)=O)ccc1OC. The first kappa shape index (κ1) is 17.4. The molecule has 8 heteroatoms. The molecule has 1 amide bonds. The lowest BCUT2D eigenvalue weighted by Gasteiger charge is -2.14. The van der Waals surface area contributed by atoms with Crippen LogP contribution in [0.5, 0.6) is 5.75 Å². The van der Waals surface area contributed by atoms with Gasteiger partial charge < -0.3 is 15.4 Å². The molecule has 0 aliphatic rings. The monoisotopic (exact) mass is 315 g/mol. The van der Waals surface area contributed by atoms with Crippen molar-refractivity contribution in [3.8, 4) is 5.75 Å². The van der Waals surface area contributed by atoms with Crippen molar-refractivity contribution in [1.82, 2.24) is 5.32 Å². The number of hydrogen-bond donors (Lipinski definition) is 3. The molecule has 0 aliphatic heterocycles. The average molecular weight is 315 g/mol. The van der Waals surface area contributed by atoms with Crippen molar-refractivity contribution in [2.45, 2.75) is 31.2 Å². The van der Waals surface area contributed by atoms with Crippen molar-refractivity contribution in [2.24, 2.45) is 5.14 Å². The summed E-state index contributed by atoms with van der Waals surface area (Å²) in [6.07, 6.45) is 0.261. The molecule has 0 aromatic heterocycles. The molecule has 1 aromatic carbocycles. The molecule has 1 aromatic rings. The van der Waals surface area contributed by atoms with Gasteiger partial charge in [0.25, 0.3) is 0 Å². The largest absolute Gasteiger partial charge is 0.495 e. The molecule has 1 rings (SSSR count). The van der Waals surface area contributed by atoms with E-state index in [9.17, 15) is 13.2 Å². The normalized spacial score (nSPS) is 12.8. The molecule has 0 aliphatic carbocycles. The quantitative estimate of drug-likeness (QED) is 0.685. The van der Waals surface area contributed by atoms with Crippen LogP contribution in [0.25, 0.3) is 0 Å². The van der Waals surface area contributed by atoms with Gasteiger partial charge in [-0.15, -0.1) is 0 Å². The topological polar surface area (TPSA) is 111 Å². The van der Waals surface area contributed by atoms with Crippen molar-refractivity contribution < 1.29 is 17.9 Å². The predicted octanol–water partition coefficient (Wildman–Crippen LogP) is 0.669. The number of benzene rings is 1. The fourth-order valence-electron chi connectivity index (χ4n) is 1.86. The van der Waals surface area contributed by atoms with E-state index in [1.54, 1.807) is 0 Å². The number of anilines is 1. The number of sulfonamides is 1. The third-order valence-electron chi connectivity index (χ3n) is 2.82. The summed E-state index contributed by atoms with van der Waals surface area (Å²) in [6, 6.07) is 4.07. The molecule has 0 heterocycles. The van der Waals surface area contributed by atoms with E-state index >= 15 is 0 Å². The Morgan fingerprint density at radius 3 is 2.62 bits per heavy atom. The Balaban J connectivity index is 2.93. The standard InChI is InChI=1S/C13H21N3O4S/c1-4-15-9(2)7-13(17)16-11-8-10(21(14,18)19)5-6-12(11)20-3/h5-6,8-9,15H,4,7H2,1-3H3,(H,16,17)(H2,14,18,19). The summed E-state index contributed by atoms with van der Waals surface area (Å²) in [5.41, 5.74) is 0.276. The molecule has 0 saturated heterocycles. The summed E-state index contributed by atoms with van der Waals surface area (Å²) in [6.45, 7) is 4.60. The number of nitrogens with two attached hydrogens (primary N) is 1. The van der Waals surface area contributed by atoms with Crippen molar-refractivity contribution >= 4 is 21.6 Å². The lowest BCUT2D eigenvalue weighted by Crippen LogP contribution is -2.30. The van der Waals surface area contributed by atoms with E-state index < -0.39 is 10.0 Å². The van der Waals surface area contributed by atoms with E-state index in [2.05, 4.69) is 10.6 Å². The third-order valence-corrected chi connectivity index (χ3v) is 3.73. The summed E-state index contributed by atoms with van der Waals surface area (Å²) in [4.78, 5) is 11.9. The Morgan fingerprint density at radius 2 is 2.10 bits per heavy atom. The fourth-order valence-corrected chi connectivity index (χ4v) is 2.40. The van der Waals surface area contributed by atoms with Gasteiger partial charge in [0.15, 0.2) is 0 Å². The number of amides is 1. The summed E-state index contributed by atoms with van der Waals surface area (Å²) in [5.74, 6) is 0.125. The second kappa shape index (κ2) is 7.39. The zero-order valence-electron chi connectivity index (χ0n) is 12.3. The first-order valence-corrected chi connectivity index (χ1v) is 8.06. The molecular formula is C13H21N3O4S. The van der Waals surface area contributed by atoms with Crippen LogP contribution < -0.4 is 20.5 Å². The molecule has 7 nitrogen and oxygen atoms in total. The van der Waals surface area contributed by atoms with Crippen LogP contribution >= 0.6 is 0 Å². The molecule has 4 N–H and O–H groups in total. The maximum Gasteiger partial charge on any atom is 0.238 e. The minimum absolute atomic E-state index is 0.0161. The van der Waals surface area contributed by atoms with Gasteiger partial charge in [-0.05, 0) is 31.7 Å². The van der Waals surface area contributed by atoms with Crippen molar-refractivity contribution in [3.63, 3.8) is 0 Å². The number of ether oxygens (including phenoxy) is 1. The molecule has 1 atom stereocenters. The lowest BCUT2D eigenvalue weighted by atomic mass is 10.2. The van der Waals surface area contributed by atoms with Crippen LogP contribution in [-0.4, -0.2) is 34.0 Å². The Labute approximate surface area is 124 Å². The van der Waals surface area contributed by atoms with Crippen LogP contribution in [0, 0.1) is 0 Å². The minimum Gasteiger partial charge on any atom is -0.495 e. The smallest absolute Gasteiger partial charge is 0.238 e. The van der Waals surface area contributed by atoms with Gasteiger partial charge in [-0.25, -0.2) is 13.6 Å². The van der Waals surface area contributed by atoms with Gasteiger partial charge in [0.2, 0.25) is 15.9 Å². The van der Waals surface area contributed by atoms with E-state index in [1.807, 2.05) is 13.8 Å². The number of methoxy groups -OCH3 is 1. The molecule has 0 spiro atoms. The van der Waals surface area contributed by atoms with Crippen molar-refractivity contribution in [3.05, 3.63) is 18.2 Å². The van der Waals surface area contributed by atoms with E-state index in [0.717, 1.165) is 6.54 Å². The minimum atomic E-state index is -3.84. The second-order valence-electron chi connectivity index (χ2n) is 4.62. The maximum absolute atomic E-state index is 11.9. The van der Waals surface area contributed by atoms with Crippen molar-refractivity contribution in [1.29, 1.82) is 0 Å². The van der Waals surface area contributed by atoms with Gasteiger partial charge in [0.1, 0.15) is 5.75 Å². The number of nitrogens with one attached hydrogen (secondary N) is 2. The molecular weight excluding hydrogens is 294 g/mol. The number of carbonyl (C=O) groups excluding carboxylic acids is 1. The van der Waals surface area contributed by atoms with Crippen LogP contribution in [-0.2, 0) is 14.8 Å².